The summed E-state index contributed by atoms with van der Waals surface area (Å²) < 4.78 is 11.2. The maximum atomic E-state index is 13.2. The van der Waals surface area contributed by atoms with Crippen molar-refractivity contribution in [1.29, 1.82) is 0 Å². The van der Waals surface area contributed by atoms with Crippen molar-refractivity contribution in [3.8, 4) is 0 Å². The molecule has 1 aromatic carbocycles. The van der Waals surface area contributed by atoms with Gasteiger partial charge in [-0.05, 0) is 24.5 Å². The topological polar surface area (TPSA) is 83.7 Å². The molecule has 2 amide bonds. The van der Waals surface area contributed by atoms with Crippen molar-refractivity contribution in [3.63, 3.8) is 0 Å². The first-order valence-corrected chi connectivity index (χ1v) is 9.96. The first kappa shape index (κ1) is 19.0. The maximum absolute atomic E-state index is 13.2. The molecule has 2 saturated heterocycles. The second kappa shape index (κ2) is 8.32. The Balaban J connectivity index is 1.43. The van der Waals surface area contributed by atoms with Gasteiger partial charge in [-0.1, -0.05) is 18.2 Å². The van der Waals surface area contributed by atoms with Gasteiger partial charge in [-0.25, -0.2) is 0 Å². The Hall–Kier alpha value is -2.38. The Kier molecular flexibility index (Phi) is 5.64. The normalized spacial score (nSPS) is 19.8. The van der Waals surface area contributed by atoms with Crippen LogP contribution in [0.3, 0.4) is 0 Å². The van der Waals surface area contributed by atoms with E-state index >= 15 is 0 Å². The summed E-state index contributed by atoms with van der Waals surface area (Å²) in [7, 11) is 0. The highest BCUT2D eigenvalue weighted by atomic mass is 16.7. The summed E-state index contributed by atoms with van der Waals surface area (Å²) in [5.74, 6) is 0.118. The number of benzene rings is 1. The van der Waals surface area contributed by atoms with E-state index in [0.717, 1.165) is 29.3 Å². The fourth-order valence-corrected chi connectivity index (χ4v) is 4.23. The van der Waals surface area contributed by atoms with E-state index in [1.165, 1.54) is 6.92 Å². The molecule has 4 rings (SSSR count). The van der Waals surface area contributed by atoms with Crippen molar-refractivity contribution in [1.82, 2.24) is 15.2 Å². The van der Waals surface area contributed by atoms with Crippen LogP contribution in [0.5, 0.6) is 0 Å². The van der Waals surface area contributed by atoms with E-state index in [2.05, 4.69) is 10.3 Å². The highest BCUT2D eigenvalue weighted by Gasteiger charge is 2.34. The number of piperidine rings is 1. The molecule has 0 spiro atoms. The third kappa shape index (κ3) is 4.05. The highest BCUT2D eigenvalue weighted by Crippen LogP contribution is 2.26. The van der Waals surface area contributed by atoms with Gasteiger partial charge in [-0.2, -0.15) is 0 Å². The van der Waals surface area contributed by atoms with Gasteiger partial charge in [0, 0.05) is 49.5 Å². The minimum absolute atomic E-state index is 0.0211. The summed E-state index contributed by atoms with van der Waals surface area (Å²) in [6.07, 6.45) is 3.98. The number of aromatic nitrogens is 1. The predicted molar refractivity (Wildman–Crippen MR) is 105 cm³/mol. The lowest BCUT2D eigenvalue weighted by Gasteiger charge is -2.35. The van der Waals surface area contributed by atoms with Crippen LogP contribution in [0.2, 0.25) is 0 Å². The average Bonchev–Trinajstić information content (AvgIpc) is 3.37. The molecule has 1 atom stereocenters. The molecule has 2 aliphatic rings. The maximum Gasteiger partial charge on any atom is 0.245 e. The fraction of sp³-hybridized carbons (Fsp3) is 0.524. The number of carbonyl (C=O) groups excluding carboxylic acids is 2. The number of para-hydroxylation sites is 1. The molecule has 2 aliphatic heterocycles. The Morgan fingerprint density at radius 2 is 1.93 bits per heavy atom. The van der Waals surface area contributed by atoms with Crippen LogP contribution >= 0.6 is 0 Å². The molecule has 0 aliphatic carbocycles. The molecule has 2 aromatic rings. The number of nitrogens with zero attached hydrogens (tertiary/aromatic N) is 1. The van der Waals surface area contributed by atoms with Crippen molar-refractivity contribution in [2.75, 3.05) is 26.3 Å². The van der Waals surface area contributed by atoms with Crippen molar-refractivity contribution in [2.45, 2.75) is 38.5 Å². The SMILES string of the molecule is CC(=O)NC(Cc1c[nH]c2ccccc12)C(=O)N1CCC(C2OCCO2)CC1. The lowest BCUT2D eigenvalue weighted by molar-refractivity contribution is -0.140. The number of ether oxygens (including phenoxy) is 2. The third-order valence-electron chi connectivity index (χ3n) is 5.66. The molecule has 2 fully saturated rings. The predicted octanol–water partition coefficient (Wildman–Crippen LogP) is 1.83. The van der Waals surface area contributed by atoms with Gasteiger partial charge >= 0.3 is 0 Å². The van der Waals surface area contributed by atoms with Crippen LogP contribution in [-0.2, 0) is 25.5 Å². The third-order valence-corrected chi connectivity index (χ3v) is 5.66. The number of hydrogen-bond acceptors (Lipinski definition) is 4. The second-order valence-electron chi connectivity index (χ2n) is 7.59. The number of hydrogen-bond donors (Lipinski definition) is 2. The number of nitrogens with one attached hydrogen (secondary N) is 2. The quantitative estimate of drug-likeness (QED) is 0.823. The summed E-state index contributed by atoms with van der Waals surface area (Å²) in [6, 6.07) is 7.43. The van der Waals surface area contributed by atoms with E-state index in [1.807, 2.05) is 35.4 Å². The molecular formula is C21H27N3O4. The van der Waals surface area contributed by atoms with Crippen molar-refractivity contribution >= 4 is 22.7 Å². The van der Waals surface area contributed by atoms with E-state index in [1.54, 1.807) is 0 Å². The van der Waals surface area contributed by atoms with E-state index in [-0.39, 0.29) is 18.1 Å². The number of fused-ring (bicyclic) bond motifs is 1. The summed E-state index contributed by atoms with van der Waals surface area (Å²) in [5, 5.41) is 3.94. The van der Waals surface area contributed by atoms with Gasteiger partial charge < -0.3 is 24.7 Å². The zero-order valence-corrected chi connectivity index (χ0v) is 16.1. The van der Waals surface area contributed by atoms with Crippen LogP contribution < -0.4 is 5.32 Å². The van der Waals surface area contributed by atoms with Crippen LogP contribution in [0.4, 0.5) is 0 Å². The largest absolute Gasteiger partial charge is 0.361 e. The molecule has 150 valence electrons. The first-order chi connectivity index (χ1) is 13.6. The zero-order valence-electron chi connectivity index (χ0n) is 16.1. The van der Waals surface area contributed by atoms with Crippen LogP contribution in [0.15, 0.2) is 30.5 Å². The Morgan fingerprint density at radius 1 is 1.21 bits per heavy atom. The van der Waals surface area contributed by atoms with Crippen LogP contribution in [0.1, 0.15) is 25.3 Å². The first-order valence-electron chi connectivity index (χ1n) is 9.96. The van der Waals surface area contributed by atoms with E-state index in [4.69, 9.17) is 9.47 Å². The second-order valence-corrected chi connectivity index (χ2v) is 7.59. The van der Waals surface area contributed by atoms with Gasteiger partial charge in [-0.3, -0.25) is 9.59 Å². The fourth-order valence-electron chi connectivity index (χ4n) is 4.23. The van der Waals surface area contributed by atoms with Gasteiger partial charge in [0.05, 0.1) is 13.2 Å². The minimum Gasteiger partial charge on any atom is -0.361 e. The number of carbonyl (C=O) groups is 2. The van der Waals surface area contributed by atoms with Crippen LogP contribution in [0, 0.1) is 5.92 Å². The van der Waals surface area contributed by atoms with Gasteiger partial charge in [0.15, 0.2) is 6.29 Å². The summed E-state index contributed by atoms with van der Waals surface area (Å²) in [4.78, 5) is 30.0. The summed E-state index contributed by atoms with van der Waals surface area (Å²) >= 11 is 0. The van der Waals surface area contributed by atoms with Crippen LogP contribution in [0.25, 0.3) is 10.9 Å². The smallest absolute Gasteiger partial charge is 0.245 e. The van der Waals surface area contributed by atoms with Crippen LogP contribution in [-0.4, -0.2) is 60.3 Å². The lowest BCUT2D eigenvalue weighted by Crippen LogP contribution is -2.52. The van der Waals surface area contributed by atoms with E-state index in [9.17, 15) is 9.59 Å². The molecule has 3 heterocycles. The van der Waals surface area contributed by atoms with Crippen molar-refractivity contribution < 1.29 is 19.1 Å². The van der Waals surface area contributed by atoms with Crippen molar-refractivity contribution in [2.24, 2.45) is 5.92 Å². The lowest BCUT2D eigenvalue weighted by atomic mass is 9.95. The molecule has 0 bridgehead atoms. The summed E-state index contributed by atoms with van der Waals surface area (Å²) in [6.45, 7) is 4.09. The Morgan fingerprint density at radius 3 is 2.64 bits per heavy atom. The van der Waals surface area contributed by atoms with Gasteiger partial charge in [-0.15, -0.1) is 0 Å². The Labute approximate surface area is 164 Å². The number of H-pyrrole nitrogens is 1. The monoisotopic (exact) mass is 385 g/mol. The molecule has 1 aromatic heterocycles. The van der Waals surface area contributed by atoms with Gasteiger partial charge in [0.1, 0.15) is 6.04 Å². The number of rotatable bonds is 5. The van der Waals surface area contributed by atoms with Crippen molar-refractivity contribution in [3.05, 3.63) is 36.0 Å². The minimum atomic E-state index is -0.563. The Bertz CT molecular complexity index is 835. The molecule has 28 heavy (non-hydrogen) atoms. The molecule has 0 radical (unpaired) electrons. The zero-order chi connectivity index (χ0) is 19.5. The van der Waals surface area contributed by atoms with Gasteiger partial charge in [0.25, 0.3) is 0 Å². The molecule has 0 saturated carbocycles. The van der Waals surface area contributed by atoms with E-state index in [0.29, 0.717) is 38.6 Å². The molecule has 2 N–H and O–H groups in total. The molecular weight excluding hydrogens is 358 g/mol. The summed E-state index contributed by atoms with van der Waals surface area (Å²) in [5.41, 5.74) is 2.06. The number of amides is 2. The number of likely N-dealkylation sites (tertiary alicyclic amines) is 1. The highest BCUT2D eigenvalue weighted by molar-refractivity contribution is 5.89. The molecule has 1 unspecified atom stereocenters. The molecule has 7 heteroatoms. The molecule has 7 nitrogen and oxygen atoms in total. The average molecular weight is 385 g/mol. The standard InChI is InChI=1S/C21H27N3O4/c1-14(25)23-19(12-16-13-22-18-5-3-2-4-17(16)18)20(26)24-8-6-15(7-9-24)21-27-10-11-28-21/h2-5,13,15,19,21-22H,6-12H2,1H3,(H,23,25). The van der Waals surface area contributed by atoms with E-state index < -0.39 is 6.04 Å². The van der Waals surface area contributed by atoms with Gasteiger partial charge in [0.2, 0.25) is 11.8 Å². The number of aromatic amines is 1.